The van der Waals surface area contributed by atoms with E-state index in [0.717, 1.165) is 5.56 Å². The van der Waals surface area contributed by atoms with Gasteiger partial charge in [-0.15, -0.1) is 0 Å². The van der Waals surface area contributed by atoms with Crippen LogP contribution in [0, 0.1) is 0 Å². The van der Waals surface area contributed by atoms with E-state index < -0.39 is 5.97 Å². The van der Waals surface area contributed by atoms with Crippen LogP contribution in [0.15, 0.2) is 95.1 Å². The summed E-state index contributed by atoms with van der Waals surface area (Å²) in [5, 5.41) is 1.43. The molecule has 1 aromatic heterocycles. The van der Waals surface area contributed by atoms with Gasteiger partial charge in [-0.2, -0.15) is 0 Å². The highest BCUT2D eigenvalue weighted by atomic mass is 35.5. The molecule has 0 aliphatic carbocycles. The van der Waals surface area contributed by atoms with Gasteiger partial charge in [0.1, 0.15) is 34.2 Å². The van der Waals surface area contributed by atoms with Crippen molar-refractivity contribution in [2.24, 2.45) is 0 Å². The van der Waals surface area contributed by atoms with E-state index in [1.165, 1.54) is 6.07 Å². The van der Waals surface area contributed by atoms with Crippen LogP contribution in [0.1, 0.15) is 33.2 Å². The molecule has 0 N–H and O–H groups in total. The molecule has 0 unspecified atom stereocenters. The van der Waals surface area contributed by atoms with E-state index >= 15 is 0 Å². The molecule has 1 aliphatic heterocycles. The third kappa shape index (κ3) is 4.83. The minimum atomic E-state index is -0.626. The Morgan fingerprint density at radius 3 is 2.50 bits per heavy atom. The highest BCUT2D eigenvalue weighted by molar-refractivity contribution is 6.35. The number of halogens is 2. The largest absolute Gasteiger partial charge is 0.494 e. The predicted molar refractivity (Wildman–Crippen MR) is 154 cm³/mol. The maximum absolute atomic E-state index is 13.6. The summed E-state index contributed by atoms with van der Waals surface area (Å²) in [6.45, 7) is 2.36. The molecule has 0 saturated carbocycles. The molecule has 40 heavy (non-hydrogen) atoms. The number of fused-ring (bicyclic) bond motifs is 2. The lowest BCUT2D eigenvalue weighted by Gasteiger charge is -2.07. The fourth-order valence-electron chi connectivity index (χ4n) is 4.48. The first-order chi connectivity index (χ1) is 19.4. The summed E-state index contributed by atoms with van der Waals surface area (Å²) in [5.74, 6) is 0.621. The van der Waals surface area contributed by atoms with E-state index in [9.17, 15) is 9.59 Å². The summed E-state index contributed by atoms with van der Waals surface area (Å²) >= 11 is 12.2. The van der Waals surface area contributed by atoms with Gasteiger partial charge in [-0.25, -0.2) is 4.79 Å². The average molecular weight is 571 g/mol. The maximum Gasteiger partial charge on any atom is 0.348 e. The Morgan fingerprint density at radius 2 is 1.73 bits per heavy atom. The number of Topliss-reactive ketones (excluding diaryl/α,β-unsaturated/α-hetero) is 1. The number of carbonyl (C=O) groups excluding carboxylic acids is 2. The Hall–Kier alpha value is -4.52. The van der Waals surface area contributed by atoms with Crippen molar-refractivity contribution in [3.63, 3.8) is 0 Å². The zero-order valence-corrected chi connectivity index (χ0v) is 22.6. The smallest absolute Gasteiger partial charge is 0.348 e. The van der Waals surface area contributed by atoms with Crippen LogP contribution in [0.25, 0.3) is 28.4 Å². The highest BCUT2D eigenvalue weighted by Gasteiger charge is 2.29. The predicted octanol–water partition coefficient (Wildman–Crippen LogP) is 8.64. The molecular formula is C32H20Cl2O6. The molecule has 0 saturated heterocycles. The topological polar surface area (TPSA) is 75.0 Å². The fourth-order valence-corrected chi connectivity index (χ4v) is 4.94. The van der Waals surface area contributed by atoms with Crippen molar-refractivity contribution in [1.82, 2.24) is 0 Å². The molecule has 2 heterocycles. The van der Waals surface area contributed by atoms with E-state index in [4.69, 9.17) is 41.8 Å². The number of ketones is 1. The number of esters is 1. The van der Waals surface area contributed by atoms with Crippen LogP contribution in [0.3, 0.4) is 0 Å². The second-order valence-corrected chi connectivity index (χ2v) is 9.76. The van der Waals surface area contributed by atoms with E-state index in [0.29, 0.717) is 50.3 Å². The van der Waals surface area contributed by atoms with Gasteiger partial charge in [-0.3, -0.25) is 4.79 Å². The van der Waals surface area contributed by atoms with Gasteiger partial charge >= 0.3 is 5.97 Å². The lowest BCUT2D eigenvalue weighted by molar-refractivity contribution is 0.0736. The lowest BCUT2D eigenvalue weighted by atomic mass is 10.1. The van der Waals surface area contributed by atoms with E-state index in [1.807, 2.05) is 37.3 Å². The Bertz CT molecular complexity index is 1820. The summed E-state index contributed by atoms with van der Waals surface area (Å²) < 4.78 is 23.4. The van der Waals surface area contributed by atoms with Crippen molar-refractivity contribution in [3.05, 3.63) is 117 Å². The van der Waals surface area contributed by atoms with Crippen LogP contribution in [0.2, 0.25) is 10.0 Å². The van der Waals surface area contributed by atoms with Gasteiger partial charge in [0.25, 0.3) is 0 Å². The second kappa shape index (κ2) is 10.6. The number of benzene rings is 4. The third-order valence-corrected chi connectivity index (χ3v) is 6.87. The molecule has 6 rings (SSSR count). The molecule has 0 spiro atoms. The van der Waals surface area contributed by atoms with Gasteiger partial charge in [-0.05, 0) is 61.0 Å². The van der Waals surface area contributed by atoms with Crippen molar-refractivity contribution in [2.75, 3.05) is 6.61 Å². The van der Waals surface area contributed by atoms with E-state index in [1.54, 1.807) is 54.6 Å². The summed E-state index contributed by atoms with van der Waals surface area (Å²) in [7, 11) is 0. The third-order valence-electron chi connectivity index (χ3n) is 6.31. The molecule has 4 aromatic carbocycles. The first-order valence-corrected chi connectivity index (χ1v) is 13.2. The number of ether oxygens (including phenoxy) is 3. The standard InChI is InChI=1S/C32H20Cl2O6/c1-2-37-21-11-13-26-24(16-21)29(31(40-26)18-6-4-3-5-7-18)32(36)38-22-10-12-23-27(17-22)39-28(30(23)35)14-19-8-9-20(33)15-25(19)34/h3-17H,2H2,1H3. The Labute approximate surface area is 239 Å². The zero-order valence-electron chi connectivity index (χ0n) is 21.1. The summed E-state index contributed by atoms with van der Waals surface area (Å²) in [4.78, 5) is 26.6. The van der Waals surface area contributed by atoms with Gasteiger partial charge in [-0.1, -0.05) is 59.6 Å². The first kappa shape index (κ1) is 25.7. The second-order valence-electron chi connectivity index (χ2n) is 8.92. The maximum atomic E-state index is 13.6. The summed E-state index contributed by atoms with van der Waals surface area (Å²) in [6, 6.07) is 24.2. The molecule has 0 fully saturated rings. The van der Waals surface area contributed by atoms with Gasteiger partial charge in [0.2, 0.25) is 5.78 Å². The first-order valence-electron chi connectivity index (χ1n) is 12.4. The monoisotopic (exact) mass is 570 g/mol. The number of furan rings is 1. The quantitative estimate of drug-likeness (QED) is 0.115. The van der Waals surface area contributed by atoms with Crippen molar-refractivity contribution >= 4 is 52.0 Å². The Balaban J connectivity index is 1.33. The van der Waals surface area contributed by atoms with Crippen LogP contribution in [0.5, 0.6) is 17.2 Å². The van der Waals surface area contributed by atoms with Crippen LogP contribution >= 0.6 is 23.2 Å². The normalized spacial score (nSPS) is 13.4. The van der Waals surface area contributed by atoms with Crippen molar-refractivity contribution < 1.29 is 28.2 Å². The van der Waals surface area contributed by atoms with Crippen molar-refractivity contribution in [1.29, 1.82) is 0 Å². The molecule has 5 aromatic rings. The molecule has 0 bridgehead atoms. The number of hydrogen-bond acceptors (Lipinski definition) is 6. The van der Waals surface area contributed by atoms with Crippen LogP contribution in [-0.2, 0) is 0 Å². The van der Waals surface area contributed by atoms with Crippen LogP contribution in [0.4, 0.5) is 0 Å². The van der Waals surface area contributed by atoms with Crippen molar-refractivity contribution in [3.8, 4) is 28.6 Å². The zero-order chi connectivity index (χ0) is 27.8. The van der Waals surface area contributed by atoms with Gasteiger partial charge in [0, 0.05) is 27.1 Å². The molecule has 6 nitrogen and oxygen atoms in total. The van der Waals surface area contributed by atoms with Crippen molar-refractivity contribution in [2.45, 2.75) is 6.92 Å². The Morgan fingerprint density at radius 1 is 0.925 bits per heavy atom. The average Bonchev–Trinajstić information content (AvgIpc) is 3.48. The minimum absolute atomic E-state index is 0.0957. The number of rotatable bonds is 6. The van der Waals surface area contributed by atoms with E-state index in [-0.39, 0.29) is 28.6 Å². The molecule has 0 radical (unpaired) electrons. The molecule has 0 amide bonds. The number of hydrogen-bond donors (Lipinski definition) is 0. The van der Waals surface area contributed by atoms with E-state index in [2.05, 4.69) is 0 Å². The van der Waals surface area contributed by atoms with Crippen LogP contribution in [-0.4, -0.2) is 18.4 Å². The van der Waals surface area contributed by atoms with Gasteiger partial charge in [0.05, 0.1) is 12.2 Å². The summed E-state index contributed by atoms with van der Waals surface area (Å²) in [5.41, 5.74) is 2.44. The fraction of sp³-hybridized carbons (Fsp3) is 0.0625. The number of allylic oxidation sites excluding steroid dienone is 1. The number of carbonyl (C=O) groups is 2. The van der Waals surface area contributed by atoms with Gasteiger partial charge < -0.3 is 18.6 Å². The SMILES string of the molecule is CCOc1ccc2oc(-c3ccccc3)c(C(=O)Oc3ccc4c(c3)OC(=Cc3ccc(Cl)cc3Cl)C4=O)c2c1. The minimum Gasteiger partial charge on any atom is -0.494 e. The molecule has 1 aliphatic rings. The highest BCUT2D eigenvalue weighted by Crippen LogP contribution is 2.39. The molecular weight excluding hydrogens is 551 g/mol. The lowest BCUT2D eigenvalue weighted by Crippen LogP contribution is -2.09. The molecule has 198 valence electrons. The van der Waals surface area contributed by atoms with Gasteiger partial charge in [0.15, 0.2) is 5.76 Å². The molecule has 8 heteroatoms. The van der Waals surface area contributed by atoms with Crippen LogP contribution < -0.4 is 14.2 Å². The molecule has 0 atom stereocenters. The summed E-state index contributed by atoms with van der Waals surface area (Å²) in [6.07, 6.45) is 1.55. The Kier molecular flexibility index (Phi) is 6.80.